The van der Waals surface area contributed by atoms with Gasteiger partial charge >= 0.3 is 0 Å². The van der Waals surface area contributed by atoms with Gasteiger partial charge in [0.05, 0.1) is 34.1 Å². The Kier molecular flexibility index (Phi) is 6.01. The maximum Gasteiger partial charge on any atom is 0.0701 e. The Balaban J connectivity index is 1.18. The van der Waals surface area contributed by atoms with Crippen LogP contribution in [-0.4, -0.2) is 9.13 Å². The van der Waals surface area contributed by atoms with Gasteiger partial charge in [-0.05, 0) is 76.9 Å². The molecule has 216 valence electrons. The second-order valence-electron chi connectivity index (χ2n) is 12.1. The smallest absolute Gasteiger partial charge is 0.0701 e. The minimum Gasteiger partial charge on any atom is -0.313 e. The standard InChI is InChI=1S/C43H29N3/c44-28-29-9-8-12-35(25-29)46-41-16-7-5-14-37(41)39-27-33(20-24-43(39)46)32-19-23-42-38(26-32)36-13-4-6-15-40(36)45(42)34-21-17-31(18-22-34)30-10-2-1-3-11-30/h1-24,26-27,29H,25H2. The van der Waals surface area contributed by atoms with Crippen LogP contribution in [0, 0.1) is 17.2 Å². The molecule has 0 radical (unpaired) electrons. The molecule has 0 aliphatic heterocycles. The minimum atomic E-state index is -0.105. The highest BCUT2D eigenvalue weighted by Gasteiger charge is 2.19. The third kappa shape index (κ3) is 4.12. The molecule has 2 heterocycles. The molecule has 0 amide bonds. The van der Waals surface area contributed by atoms with Crippen LogP contribution in [-0.2, 0) is 0 Å². The van der Waals surface area contributed by atoms with E-state index in [0.717, 1.165) is 11.4 Å². The number of aromatic nitrogens is 2. The summed E-state index contributed by atoms with van der Waals surface area (Å²) in [4.78, 5) is 0. The van der Waals surface area contributed by atoms with E-state index in [-0.39, 0.29) is 5.92 Å². The van der Waals surface area contributed by atoms with Gasteiger partial charge in [-0.2, -0.15) is 5.26 Å². The predicted octanol–water partition coefficient (Wildman–Crippen LogP) is 11.2. The normalized spacial score (nSPS) is 14.7. The van der Waals surface area contributed by atoms with E-state index in [1.807, 2.05) is 12.2 Å². The molecule has 1 aliphatic rings. The minimum absolute atomic E-state index is 0.105. The number of hydrogen-bond acceptors (Lipinski definition) is 1. The van der Waals surface area contributed by atoms with Crippen LogP contribution in [0.4, 0.5) is 0 Å². The molecule has 2 aromatic heterocycles. The Morgan fingerprint density at radius 3 is 1.67 bits per heavy atom. The van der Waals surface area contributed by atoms with Crippen LogP contribution in [0.5, 0.6) is 0 Å². The number of allylic oxidation sites excluding steroid dienone is 4. The quantitative estimate of drug-likeness (QED) is 0.202. The molecule has 0 fully saturated rings. The topological polar surface area (TPSA) is 33.6 Å². The van der Waals surface area contributed by atoms with Gasteiger partial charge in [-0.25, -0.2) is 0 Å². The van der Waals surface area contributed by atoms with Crippen LogP contribution in [0.2, 0.25) is 0 Å². The van der Waals surface area contributed by atoms with E-state index in [1.165, 1.54) is 65.9 Å². The van der Waals surface area contributed by atoms with E-state index in [4.69, 9.17) is 0 Å². The van der Waals surface area contributed by atoms with Crippen molar-refractivity contribution in [2.24, 2.45) is 5.92 Å². The maximum absolute atomic E-state index is 9.62. The summed E-state index contributed by atoms with van der Waals surface area (Å²) in [5, 5.41) is 14.5. The number of benzene rings is 6. The SMILES string of the molecule is N#CC1C=CC=C(n2c3ccccc3c3cc(-c4ccc5c(c4)c4ccccc4n5-c4ccc(-c5ccccc5)cc4)ccc32)C1. The molecule has 6 aromatic carbocycles. The van der Waals surface area contributed by atoms with Crippen molar-refractivity contribution in [2.45, 2.75) is 6.42 Å². The molecule has 0 bridgehead atoms. The Morgan fingerprint density at radius 2 is 1.02 bits per heavy atom. The Morgan fingerprint density at radius 1 is 0.500 bits per heavy atom. The fourth-order valence-corrected chi connectivity index (χ4v) is 7.24. The second-order valence-corrected chi connectivity index (χ2v) is 12.1. The molecule has 0 saturated carbocycles. The van der Waals surface area contributed by atoms with Gasteiger partial charge in [-0.1, -0.05) is 103 Å². The first-order valence-electron chi connectivity index (χ1n) is 15.8. The molecule has 3 heteroatoms. The van der Waals surface area contributed by atoms with Gasteiger partial charge in [0.1, 0.15) is 0 Å². The lowest BCUT2D eigenvalue weighted by Gasteiger charge is -2.16. The van der Waals surface area contributed by atoms with Crippen molar-refractivity contribution < 1.29 is 0 Å². The van der Waals surface area contributed by atoms with Gasteiger partial charge in [-0.3, -0.25) is 0 Å². The van der Waals surface area contributed by atoms with Gasteiger partial charge in [0, 0.05) is 39.4 Å². The molecule has 0 saturated heterocycles. The van der Waals surface area contributed by atoms with Crippen LogP contribution in [0.1, 0.15) is 6.42 Å². The number of hydrogen-bond donors (Lipinski definition) is 0. The van der Waals surface area contributed by atoms with Crippen molar-refractivity contribution in [3.8, 4) is 34.0 Å². The van der Waals surface area contributed by atoms with Gasteiger partial charge in [0.2, 0.25) is 0 Å². The Labute approximate surface area is 267 Å². The number of rotatable bonds is 4. The van der Waals surface area contributed by atoms with Gasteiger partial charge < -0.3 is 9.13 Å². The summed E-state index contributed by atoms with van der Waals surface area (Å²) in [6.07, 6.45) is 6.86. The summed E-state index contributed by atoms with van der Waals surface area (Å²) in [5.74, 6) is -0.105. The maximum atomic E-state index is 9.62. The molecular weight excluding hydrogens is 558 g/mol. The third-order valence-corrected chi connectivity index (χ3v) is 9.43. The highest BCUT2D eigenvalue weighted by atomic mass is 15.0. The van der Waals surface area contributed by atoms with Crippen molar-refractivity contribution >= 4 is 49.3 Å². The lowest BCUT2D eigenvalue weighted by Crippen LogP contribution is -2.05. The zero-order valence-corrected chi connectivity index (χ0v) is 25.1. The number of nitrogens with zero attached hydrogens (tertiary/aromatic N) is 3. The van der Waals surface area contributed by atoms with Crippen LogP contribution < -0.4 is 0 Å². The van der Waals surface area contributed by atoms with E-state index >= 15 is 0 Å². The first-order valence-corrected chi connectivity index (χ1v) is 15.8. The lowest BCUT2D eigenvalue weighted by molar-refractivity contribution is 0.822. The monoisotopic (exact) mass is 587 g/mol. The molecule has 1 atom stereocenters. The first kappa shape index (κ1) is 26.3. The zero-order chi connectivity index (χ0) is 30.6. The number of nitriles is 1. The summed E-state index contributed by atoms with van der Waals surface area (Å²) >= 11 is 0. The van der Waals surface area contributed by atoms with Crippen molar-refractivity contribution in [3.05, 3.63) is 158 Å². The summed E-state index contributed by atoms with van der Waals surface area (Å²) in [6, 6.07) is 52.8. The largest absolute Gasteiger partial charge is 0.313 e. The summed E-state index contributed by atoms with van der Waals surface area (Å²) in [5.41, 5.74) is 11.9. The van der Waals surface area contributed by atoms with Crippen molar-refractivity contribution in [1.82, 2.24) is 9.13 Å². The van der Waals surface area contributed by atoms with E-state index in [0.29, 0.717) is 6.42 Å². The van der Waals surface area contributed by atoms with Crippen LogP contribution in [0.25, 0.3) is 77.2 Å². The molecule has 46 heavy (non-hydrogen) atoms. The summed E-state index contributed by atoms with van der Waals surface area (Å²) < 4.78 is 4.71. The molecule has 3 nitrogen and oxygen atoms in total. The highest BCUT2D eigenvalue weighted by Crippen LogP contribution is 2.39. The zero-order valence-electron chi connectivity index (χ0n) is 25.1. The molecular formula is C43H29N3. The van der Waals surface area contributed by atoms with Crippen LogP contribution >= 0.6 is 0 Å². The Bertz CT molecular complexity index is 2550. The molecule has 0 N–H and O–H groups in total. The van der Waals surface area contributed by atoms with Gasteiger partial charge in [0.25, 0.3) is 0 Å². The second kappa shape index (κ2) is 10.5. The number of para-hydroxylation sites is 2. The van der Waals surface area contributed by atoms with Crippen LogP contribution in [0.3, 0.4) is 0 Å². The van der Waals surface area contributed by atoms with E-state index in [9.17, 15) is 5.26 Å². The molecule has 1 aliphatic carbocycles. The molecule has 1 unspecified atom stereocenters. The van der Waals surface area contributed by atoms with Crippen LogP contribution in [0.15, 0.2) is 158 Å². The van der Waals surface area contributed by atoms with E-state index in [1.54, 1.807) is 0 Å². The van der Waals surface area contributed by atoms with Crippen molar-refractivity contribution in [2.75, 3.05) is 0 Å². The highest BCUT2D eigenvalue weighted by molar-refractivity contribution is 6.13. The van der Waals surface area contributed by atoms with E-state index < -0.39 is 0 Å². The summed E-state index contributed by atoms with van der Waals surface area (Å²) in [6.45, 7) is 0. The average Bonchev–Trinajstić information content (AvgIpc) is 3.64. The lowest BCUT2D eigenvalue weighted by atomic mass is 9.99. The summed E-state index contributed by atoms with van der Waals surface area (Å²) in [7, 11) is 0. The first-order chi connectivity index (χ1) is 22.8. The fraction of sp³-hybridized carbons (Fsp3) is 0.0465. The third-order valence-electron chi connectivity index (χ3n) is 9.43. The molecule has 8 aromatic rings. The van der Waals surface area contributed by atoms with Crippen molar-refractivity contribution in [1.29, 1.82) is 5.26 Å². The van der Waals surface area contributed by atoms with Gasteiger partial charge in [0.15, 0.2) is 0 Å². The average molecular weight is 588 g/mol. The predicted molar refractivity (Wildman–Crippen MR) is 192 cm³/mol. The molecule has 9 rings (SSSR count). The number of fused-ring (bicyclic) bond motifs is 6. The Hall–Kier alpha value is -6.11. The van der Waals surface area contributed by atoms with E-state index in [2.05, 4.69) is 161 Å². The van der Waals surface area contributed by atoms with Crippen molar-refractivity contribution in [3.63, 3.8) is 0 Å². The van der Waals surface area contributed by atoms with Gasteiger partial charge in [-0.15, -0.1) is 0 Å². The fourth-order valence-electron chi connectivity index (χ4n) is 7.24. The molecule has 0 spiro atoms.